The molecule has 0 spiro atoms. The molecule has 2 atom stereocenters. The molecule has 2 bridgehead atoms. The fourth-order valence-electron chi connectivity index (χ4n) is 3.84. The number of aryl methyl sites for hydroxylation is 1. The summed E-state index contributed by atoms with van der Waals surface area (Å²) in [5, 5.41) is 0. The number of hydrogen-bond donors (Lipinski definition) is 0. The van der Waals surface area contributed by atoms with Crippen LogP contribution in [0.3, 0.4) is 0 Å². The zero-order chi connectivity index (χ0) is 18.6. The normalized spacial score (nSPS) is 21.5. The minimum atomic E-state index is -0.256. The Balaban J connectivity index is 1.48. The molecule has 2 aliphatic heterocycles. The highest BCUT2D eigenvalue weighted by molar-refractivity contribution is 5.74. The Kier molecular flexibility index (Phi) is 5.26. The maximum atomic E-state index is 12.7. The molecule has 4 rings (SSSR count). The van der Waals surface area contributed by atoms with Crippen LogP contribution in [0.5, 0.6) is 0 Å². The quantitative estimate of drug-likeness (QED) is 0.806. The van der Waals surface area contributed by atoms with Crippen molar-refractivity contribution in [2.45, 2.75) is 38.5 Å². The predicted molar refractivity (Wildman–Crippen MR) is 105 cm³/mol. The van der Waals surface area contributed by atoms with Gasteiger partial charge in [0, 0.05) is 0 Å². The summed E-state index contributed by atoms with van der Waals surface area (Å²) in [4.78, 5) is 14.6. The third kappa shape index (κ3) is 3.91. The van der Waals surface area contributed by atoms with Crippen LogP contribution in [0.4, 0.5) is 4.79 Å². The first-order chi connectivity index (χ1) is 13.2. The summed E-state index contributed by atoms with van der Waals surface area (Å²) >= 11 is 0. The largest absolute Gasteiger partial charge is 0.445 e. The standard InChI is InChI=1S/C23H25NO3/c1-2-17-8-10-19(11-9-17)20-12-21-15-26-16-22(13-20)24(21)23(25)27-14-18-6-4-3-5-7-18/h3-12,21-22H,2,13-16H2,1H3. The summed E-state index contributed by atoms with van der Waals surface area (Å²) < 4.78 is 11.3. The number of ether oxygens (including phenoxy) is 2. The highest BCUT2D eigenvalue weighted by Crippen LogP contribution is 2.33. The van der Waals surface area contributed by atoms with Gasteiger partial charge in [0.2, 0.25) is 0 Å². The van der Waals surface area contributed by atoms with Crippen molar-refractivity contribution in [3.05, 3.63) is 77.4 Å². The molecule has 2 aromatic carbocycles. The summed E-state index contributed by atoms with van der Waals surface area (Å²) in [7, 11) is 0. The zero-order valence-electron chi connectivity index (χ0n) is 15.6. The molecule has 2 unspecified atom stereocenters. The lowest BCUT2D eigenvalue weighted by Gasteiger charge is -2.43. The van der Waals surface area contributed by atoms with E-state index in [2.05, 4.69) is 37.3 Å². The van der Waals surface area contributed by atoms with Crippen LogP contribution in [-0.4, -0.2) is 36.3 Å². The highest BCUT2D eigenvalue weighted by atomic mass is 16.6. The topological polar surface area (TPSA) is 38.8 Å². The Labute approximate surface area is 160 Å². The molecule has 2 aliphatic rings. The van der Waals surface area contributed by atoms with E-state index in [4.69, 9.17) is 9.47 Å². The minimum Gasteiger partial charge on any atom is -0.445 e. The first kappa shape index (κ1) is 17.8. The average Bonchev–Trinajstić information content (AvgIpc) is 2.72. The van der Waals surface area contributed by atoms with E-state index in [-0.39, 0.29) is 18.2 Å². The van der Waals surface area contributed by atoms with Gasteiger partial charge in [0.15, 0.2) is 0 Å². The fraction of sp³-hybridized carbons (Fsp3) is 0.348. The zero-order valence-corrected chi connectivity index (χ0v) is 15.6. The smallest absolute Gasteiger partial charge is 0.411 e. The Hall–Kier alpha value is -2.59. The van der Waals surface area contributed by atoms with Crippen LogP contribution in [0.15, 0.2) is 60.7 Å². The van der Waals surface area contributed by atoms with Crippen molar-refractivity contribution in [3.63, 3.8) is 0 Å². The number of benzene rings is 2. The molecule has 2 heterocycles. The van der Waals surface area contributed by atoms with Crippen molar-refractivity contribution in [2.24, 2.45) is 0 Å². The Morgan fingerprint density at radius 1 is 1.07 bits per heavy atom. The average molecular weight is 363 g/mol. The molecule has 1 amide bonds. The number of nitrogens with zero attached hydrogens (tertiary/aromatic N) is 1. The molecule has 1 fully saturated rings. The summed E-state index contributed by atoms with van der Waals surface area (Å²) in [5.41, 5.74) is 4.87. The van der Waals surface area contributed by atoms with E-state index in [0.717, 1.165) is 18.4 Å². The Bertz CT molecular complexity index is 813. The number of hydrogen-bond acceptors (Lipinski definition) is 3. The van der Waals surface area contributed by atoms with Gasteiger partial charge in [-0.05, 0) is 35.1 Å². The van der Waals surface area contributed by atoms with Crippen molar-refractivity contribution in [3.8, 4) is 0 Å². The van der Waals surface area contributed by atoms with Crippen LogP contribution in [0, 0.1) is 0 Å². The van der Waals surface area contributed by atoms with Crippen LogP contribution in [0.2, 0.25) is 0 Å². The van der Waals surface area contributed by atoms with E-state index in [9.17, 15) is 4.79 Å². The molecule has 0 saturated carbocycles. The van der Waals surface area contributed by atoms with Gasteiger partial charge in [0.1, 0.15) is 6.61 Å². The van der Waals surface area contributed by atoms with Crippen LogP contribution in [-0.2, 0) is 22.5 Å². The summed E-state index contributed by atoms with van der Waals surface area (Å²) in [5.74, 6) is 0. The summed E-state index contributed by atoms with van der Waals surface area (Å²) in [6.07, 6.45) is 3.75. The number of amides is 1. The number of fused-ring (bicyclic) bond motifs is 2. The van der Waals surface area contributed by atoms with Crippen molar-refractivity contribution in [1.29, 1.82) is 0 Å². The third-order valence-corrected chi connectivity index (χ3v) is 5.35. The van der Waals surface area contributed by atoms with E-state index >= 15 is 0 Å². The van der Waals surface area contributed by atoms with Gasteiger partial charge in [-0.15, -0.1) is 0 Å². The molecule has 140 valence electrons. The first-order valence-electron chi connectivity index (χ1n) is 9.61. The molecule has 0 aromatic heterocycles. The molecule has 4 nitrogen and oxygen atoms in total. The van der Waals surface area contributed by atoms with Crippen molar-refractivity contribution in [1.82, 2.24) is 4.90 Å². The van der Waals surface area contributed by atoms with Crippen LogP contribution in [0.25, 0.3) is 5.57 Å². The molecule has 0 N–H and O–H groups in total. The van der Waals surface area contributed by atoms with E-state index in [1.165, 1.54) is 16.7 Å². The van der Waals surface area contributed by atoms with E-state index in [1.807, 2.05) is 35.2 Å². The second-order valence-electron chi connectivity index (χ2n) is 7.15. The second kappa shape index (κ2) is 7.97. The molecule has 0 radical (unpaired) electrons. The van der Waals surface area contributed by atoms with Crippen LogP contribution >= 0.6 is 0 Å². The highest BCUT2D eigenvalue weighted by Gasteiger charge is 2.39. The Morgan fingerprint density at radius 3 is 2.56 bits per heavy atom. The van der Waals surface area contributed by atoms with Crippen LogP contribution < -0.4 is 0 Å². The van der Waals surface area contributed by atoms with Crippen molar-refractivity contribution >= 4 is 11.7 Å². The summed E-state index contributed by atoms with van der Waals surface area (Å²) in [6.45, 7) is 3.54. The Morgan fingerprint density at radius 2 is 1.85 bits per heavy atom. The fourth-order valence-corrected chi connectivity index (χ4v) is 3.84. The number of morpholine rings is 1. The van der Waals surface area contributed by atoms with Gasteiger partial charge in [-0.3, -0.25) is 4.90 Å². The number of rotatable bonds is 4. The second-order valence-corrected chi connectivity index (χ2v) is 7.15. The van der Waals surface area contributed by atoms with Gasteiger partial charge in [-0.2, -0.15) is 0 Å². The van der Waals surface area contributed by atoms with E-state index in [1.54, 1.807) is 0 Å². The SMILES string of the molecule is CCc1ccc(C2=CC3COCC(C2)N3C(=O)OCc2ccccc2)cc1. The molecule has 4 heteroatoms. The van der Waals surface area contributed by atoms with E-state index in [0.29, 0.717) is 19.8 Å². The minimum absolute atomic E-state index is 0.0258. The van der Waals surface area contributed by atoms with Crippen molar-refractivity contribution < 1.29 is 14.3 Å². The van der Waals surface area contributed by atoms with Gasteiger partial charge in [-0.1, -0.05) is 67.6 Å². The molecule has 0 aliphatic carbocycles. The first-order valence-corrected chi connectivity index (χ1v) is 9.61. The molecular formula is C23H25NO3. The van der Waals surface area contributed by atoms with Gasteiger partial charge < -0.3 is 9.47 Å². The molecular weight excluding hydrogens is 338 g/mol. The van der Waals surface area contributed by atoms with Gasteiger partial charge in [0.05, 0.1) is 25.3 Å². The van der Waals surface area contributed by atoms with E-state index < -0.39 is 0 Å². The molecule has 2 aromatic rings. The monoisotopic (exact) mass is 363 g/mol. The van der Waals surface area contributed by atoms with Gasteiger partial charge in [0.25, 0.3) is 0 Å². The number of carbonyl (C=O) groups excluding carboxylic acids is 1. The van der Waals surface area contributed by atoms with Crippen LogP contribution in [0.1, 0.15) is 30.0 Å². The lowest BCUT2D eigenvalue weighted by molar-refractivity contribution is -0.0342. The maximum Gasteiger partial charge on any atom is 0.411 e. The molecule has 27 heavy (non-hydrogen) atoms. The lowest BCUT2D eigenvalue weighted by Crippen LogP contribution is -2.56. The third-order valence-electron chi connectivity index (χ3n) is 5.35. The number of carbonyl (C=O) groups is 1. The van der Waals surface area contributed by atoms with Gasteiger partial charge in [-0.25, -0.2) is 4.79 Å². The summed E-state index contributed by atoms with van der Waals surface area (Å²) in [6, 6.07) is 18.5. The van der Waals surface area contributed by atoms with Gasteiger partial charge >= 0.3 is 6.09 Å². The predicted octanol–water partition coefficient (Wildman–Crippen LogP) is 4.44. The van der Waals surface area contributed by atoms with Crippen molar-refractivity contribution in [2.75, 3.05) is 13.2 Å². The maximum absolute atomic E-state index is 12.7. The lowest BCUT2D eigenvalue weighted by atomic mass is 9.89. The molecule has 1 saturated heterocycles.